The Kier molecular flexibility index (Phi) is 10.5. The fourth-order valence-electron chi connectivity index (χ4n) is 2.41. The Morgan fingerprint density at radius 3 is 2.04 bits per heavy atom. The molecule has 4 nitrogen and oxygen atoms in total. The van der Waals surface area contributed by atoms with Gasteiger partial charge in [0.1, 0.15) is 0 Å². The number of epoxide rings is 2. The van der Waals surface area contributed by atoms with Gasteiger partial charge in [0.05, 0.1) is 18.0 Å². The van der Waals surface area contributed by atoms with Crippen molar-refractivity contribution in [1.82, 2.24) is 10.2 Å². The van der Waals surface area contributed by atoms with Crippen molar-refractivity contribution in [2.45, 2.75) is 25.3 Å². The zero-order valence-corrected chi connectivity index (χ0v) is 17.8. The number of rotatable bonds is 7. The van der Waals surface area contributed by atoms with Gasteiger partial charge in [-0.15, -0.1) is 4.74 Å². The Morgan fingerprint density at radius 1 is 1.07 bits per heavy atom. The van der Waals surface area contributed by atoms with Crippen molar-refractivity contribution in [3.8, 4) is 0 Å². The summed E-state index contributed by atoms with van der Waals surface area (Å²) >= 11 is 3.22. The number of hydrogen-bond donors (Lipinski definition) is 1. The van der Waals surface area contributed by atoms with Gasteiger partial charge in [-0.1, -0.05) is 76.6 Å². The normalized spacial score (nSPS) is 19.1. The highest BCUT2D eigenvalue weighted by molar-refractivity contribution is 9.09. The molecular formula is C22H30BrN2O2+. The predicted octanol–water partition coefficient (Wildman–Crippen LogP) is 3.87. The van der Waals surface area contributed by atoms with Crippen LogP contribution < -0.4 is 5.32 Å². The van der Waals surface area contributed by atoms with E-state index < -0.39 is 0 Å². The molecule has 2 unspecified atom stereocenters. The van der Waals surface area contributed by atoms with E-state index in [4.69, 9.17) is 4.74 Å². The first kappa shape index (κ1) is 21.9. The van der Waals surface area contributed by atoms with Gasteiger partial charge in [-0.05, 0) is 25.2 Å². The second kappa shape index (κ2) is 12.9. The second-order valence-corrected chi connectivity index (χ2v) is 7.27. The fraction of sp³-hybridized carbons (Fsp3) is 0.409. The molecule has 1 N–H and O–H groups in total. The molecule has 0 bridgehead atoms. The van der Waals surface area contributed by atoms with E-state index >= 15 is 0 Å². The van der Waals surface area contributed by atoms with Crippen LogP contribution in [0.5, 0.6) is 0 Å². The lowest BCUT2D eigenvalue weighted by Gasteiger charge is -2.14. The van der Waals surface area contributed by atoms with Crippen LogP contribution in [0, 0.1) is 6.61 Å². The highest BCUT2D eigenvalue weighted by Gasteiger charge is 2.37. The third kappa shape index (κ3) is 11.2. The summed E-state index contributed by atoms with van der Waals surface area (Å²) in [6.45, 7) is 5.77. The Labute approximate surface area is 172 Å². The standard InChI is InChI=1S/C11H15NO.C8H11N.C3H4BrO/c1-12(8-11-9-13-11)7-10-5-3-2-4-6-10;1-9-7-8-5-3-2-4-6-8;4-1-3-2-5-3/h2-6,11H,7-9H2,1H3;2-6,9H,7H2,1H3;2-3H,1H2/q;;+1. The molecule has 2 atom stereocenters. The molecule has 0 radical (unpaired) electrons. The molecule has 146 valence electrons. The van der Waals surface area contributed by atoms with Crippen LogP contribution in [0.1, 0.15) is 11.1 Å². The topological polar surface area (TPSA) is 40.3 Å². The Bertz CT molecular complexity index is 604. The molecule has 2 aliphatic rings. The largest absolute Gasteiger partial charge is 0.372 e. The third-order valence-corrected chi connectivity index (χ3v) is 4.56. The second-order valence-electron chi connectivity index (χ2n) is 6.62. The van der Waals surface area contributed by atoms with Crippen molar-refractivity contribution in [3.05, 3.63) is 78.4 Å². The van der Waals surface area contributed by atoms with Crippen molar-refractivity contribution >= 4 is 15.9 Å². The van der Waals surface area contributed by atoms with Crippen LogP contribution in [0.4, 0.5) is 0 Å². The summed E-state index contributed by atoms with van der Waals surface area (Å²) in [5, 5.41) is 4.04. The van der Waals surface area contributed by atoms with Crippen molar-refractivity contribution < 1.29 is 9.47 Å². The maximum Gasteiger partial charge on any atom is 0.285 e. The van der Waals surface area contributed by atoms with Gasteiger partial charge in [-0.25, -0.2) is 0 Å². The van der Waals surface area contributed by atoms with Crippen molar-refractivity contribution in [3.63, 3.8) is 0 Å². The lowest BCUT2D eigenvalue weighted by atomic mass is 10.2. The van der Waals surface area contributed by atoms with Crippen LogP contribution >= 0.6 is 15.9 Å². The highest BCUT2D eigenvalue weighted by atomic mass is 79.9. The number of halogens is 1. The van der Waals surface area contributed by atoms with Gasteiger partial charge in [-0.2, -0.15) is 0 Å². The van der Waals surface area contributed by atoms with E-state index in [1.54, 1.807) is 6.61 Å². The molecule has 27 heavy (non-hydrogen) atoms. The molecule has 2 fully saturated rings. The quantitative estimate of drug-likeness (QED) is 0.408. The first-order valence-electron chi connectivity index (χ1n) is 9.28. The van der Waals surface area contributed by atoms with Crippen LogP contribution in [0.2, 0.25) is 0 Å². The number of hydrogen-bond acceptors (Lipinski definition) is 4. The molecule has 2 heterocycles. The van der Waals surface area contributed by atoms with Crippen LogP contribution in [0.25, 0.3) is 0 Å². The van der Waals surface area contributed by atoms with Crippen molar-refractivity contribution in [2.24, 2.45) is 0 Å². The van der Waals surface area contributed by atoms with Crippen LogP contribution in [0.3, 0.4) is 0 Å². The van der Waals surface area contributed by atoms with Crippen molar-refractivity contribution in [2.75, 3.05) is 32.6 Å². The van der Waals surface area contributed by atoms with E-state index in [0.29, 0.717) is 12.2 Å². The van der Waals surface area contributed by atoms with E-state index in [2.05, 4.69) is 74.3 Å². The monoisotopic (exact) mass is 433 g/mol. The fourth-order valence-corrected chi connectivity index (χ4v) is 2.71. The number of ether oxygens (including phenoxy) is 2. The zero-order valence-electron chi connectivity index (χ0n) is 16.2. The molecule has 4 rings (SSSR count). The third-order valence-electron chi connectivity index (χ3n) is 3.92. The van der Waals surface area contributed by atoms with Gasteiger partial charge in [0.15, 0.2) is 0 Å². The Morgan fingerprint density at radius 2 is 1.63 bits per heavy atom. The molecule has 5 heteroatoms. The number of likely N-dealkylation sites (N-methyl/N-ethyl adjacent to an activating group) is 1. The van der Waals surface area contributed by atoms with Gasteiger partial charge >= 0.3 is 0 Å². The van der Waals surface area contributed by atoms with Crippen LogP contribution in [0.15, 0.2) is 60.7 Å². The van der Waals surface area contributed by atoms with Crippen LogP contribution in [-0.2, 0) is 22.6 Å². The molecule has 0 aromatic heterocycles. The first-order chi connectivity index (χ1) is 13.2. The van der Waals surface area contributed by atoms with E-state index in [1.807, 2.05) is 31.3 Å². The van der Waals surface area contributed by atoms with Gasteiger partial charge in [0.2, 0.25) is 0 Å². The summed E-state index contributed by atoms with van der Waals surface area (Å²) in [5.41, 5.74) is 2.70. The molecule has 2 aromatic carbocycles. The predicted molar refractivity (Wildman–Crippen MR) is 115 cm³/mol. The number of benzene rings is 2. The molecule has 0 amide bonds. The minimum atomic E-state index is 0.426. The average molecular weight is 434 g/mol. The van der Waals surface area contributed by atoms with Crippen molar-refractivity contribution in [1.29, 1.82) is 0 Å². The number of nitrogens with one attached hydrogen (secondary N) is 1. The average Bonchev–Trinajstić information content (AvgIpc) is 3.60. The number of nitrogens with zero attached hydrogens (tertiary/aromatic N) is 1. The molecule has 2 saturated heterocycles. The molecule has 0 saturated carbocycles. The molecule has 2 aromatic rings. The first-order valence-corrected chi connectivity index (χ1v) is 10.4. The SMILES string of the molecule is BrCC1[CH+]O1.CN(Cc1ccccc1)CC1CO1.CNCc1ccccc1. The summed E-state index contributed by atoms with van der Waals surface area (Å²) in [6, 6.07) is 20.9. The van der Waals surface area contributed by atoms with Gasteiger partial charge in [-0.3, -0.25) is 4.90 Å². The molecule has 0 aliphatic carbocycles. The van der Waals surface area contributed by atoms with E-state index in [9.17, 15) is 0 Å². The number of alkyl halides is 1. The molecular weight excluding hydrogens is 404 g/mol. The summed E-state index contributed by atoms with van der Waals surface area (Å²) in [4.78, 5) is 2.30. The highest BCUT2D eigenvalue weighted by Crippen LogP contribution is 2.16. The summed E-state index contributed by atoms with van der Waals surface area (Å²) in [7, 11) is 4.08. The maximum atomic E-state index is 5.18. The maximum absolute atomic E-state index is 5.18. The summed E-state index contributed by atoms with van der Waals surface area (Å²) in [5.74, 6) is 0. The molecule has 0 spiro atoms. The van der Waals surface area contributed by atoms with E-state index in [0.717, 1.165) is 31.6 Å². The Hall–Kier alpha value is -1.37. The lowest BCUT2D eigenvalue weighted by molar-refractivity contribution is 0.278. The Balaban J connectivity index is 0.000000161. The smallest absolute Gasteiger partial charge is 0.285 e. The zero-order chi connectivity index (χ0) is 19.3. The minimum absolute atomic E-state index is 0.426. The van der Waals surface area contributed by atoms with Gasteiger partial charge in [0.25, 0.3) is 12.7 Å². The van der Waals surface area contributed by atoms with E-state index in [-0.39, 0.29) is 0 Å². The summed E-state index contributed by atoms with van der Waals surface area (Å²) in [6.07, 6.45) is 0.920. The van der Waals surface area contributed by atoms with E-state index in [1.165, 1.54) is 11.1 Å². The lowest BCUT2D eigenvalue weighted by Crippen LogP contribution is -2.22. The van der Waals surface area contributed by atoms with Gasteiger partial charge < -0.3 is 10.1 Å². The molecule has 2 aliphatic heterocycles. The summed E-state index contributed by atoms with van der Waals surface area (Å²) < 4.78 is 9.86. The van der Waals surface area contributed by atoms with Crippen LogP contribution in [-0.4, -0.2) is 49.7 Å². The minimum Gasteiger partial charge on any atom is -0.372 e. The van der Waals surface area contributed by atoms with Gasteiger partial charge in [0, 0.05) is 19.6 Å².